The topological polar surface area (TPSA) is 29.1 Å². The van der Waals surface area contributed by atoms with Gasteiger partial charge in [0, 0.05) is 13.5 Å². The summed E-state index contributed by atoms with van der Waals surface area (Å²) in [5, 5.41) is 2.63. The maximum absolute atomic E-state index is 10.8. The standard InChI is InChI=1S/C10H21NO/c1-9(2)7-5-4-6-8-10(12)11-3/h9H,4-8H2,1-3H3,(H,11,12). The molecule has 0 atom stereocenters. The van der Waals surface area contributed by atoms with Gasteiger partial charge in [-0.1, -0.05) is 33.1 Å². The highest BCUT2D eigenvalue weighted by molar-refractivity contribution is 5.75. The highest BCUT2D eigenvalue weighted by atomic mass is 16.1. The molecule has 0 unspecified atom stereocenters. The Kier molecular flexibility index (Phi) is 6.82. The van der Waals surface area contributed by atoms with Gasteiger partial charge in [0.15, 0.2) is 0 Å². The van der Waals surface area contributed by atoms with Gasteiger partial charge in [-0.2, -0.15) is 0 Å². The third kappa shape index (κ3) is 7.58. The quantitative estimate of drug-likeness (QED) is 0.611. The minimum absolute atomic E-state index is 0.166. The summed E-state index contributed by atoms with van der Waals surface area (Å²) in [6.07, 6.45) is 5.45. The van der Waals surface area contributed by atoms with Crippen molar-refractivity contribution in [2.45, 2.75) is 46.0 Å². The van der Waals surface area contributed by atoms with E-state index in [2.05, 4.69) is 19.2 Å². The van der Waals surface area contributed by atoms with Crippen LogP contribution in [0.2, 0.25) is 0 Å². The van der Waals surface area contributed by atoms with Crippen molar-refractivity contribution in [3.63, 3.8) is 0 Å². The van der Waals surface area contributed by atoms with E-state index in [1.807, 2.05) is 0 Å². The van der Waals surface area contributed by atoms with Crippen molar-refractivity contribution in [2.75, 3.05) is 7.05 Å². The number of amides is 1. The van der Waals surface area contributed by atoms with Gasteiger partial charge in [-0.25, -0.2) is 0 Å². The molecule has 2 heteroatoms. The molecule has 0 saturated carbocycles. The zero-order chi connectivity index (χ0) is 9.40. The Hall–Kier alpha value is -0.530. The van der Waals surface area contributed by atoms with E-state index in [0.29, 0.717) is 6.42 Å². The molecule has 0 heterocycles. The maximum Gasteiger partial charge on any atom is 0.219 e. The van der Waals surface area contributed by atoms with Gasteiger partial charge in [0.05, 0.1) is 0 Å². The first kappa shape index (κ1) is 11.5. The van der Waals surface area contributed by atoms with Crippen molar-refractivity contribution in [1.29, 1.82) is 0 Å². The van der Waals surface area contributed by atoms with E-state index in [4.69, 9.17) is 0 Å². The van der Waals surface area contributed by atoms with Crippen molar-refractivity contribution in [3.8, 4) is 0 Å². The molecule has 0 aromatic heterocycles. The summed E-state index contributed by atoms with van der Waals surface area (Å²) in [4.78, 5) is 10.8. The minimum atomic E-state index is 0.166. The van der Waals surface area contributed by atoms with E-state index in [1.54, 1.807) is 7.05 Å². The summed E-state index contributed by atoms with van der Waals surface area (Å²) < 4.78 is 0. The lowest BCUT2D eigenvalue weighted by atomic mass is 10.0. The maximum atomic E-state index is 10.8. The van der Waals surface area contributed by atoms with Crippen molar-refractivity contribution in [3.05, 3.63) is 0 Å². The Morgan fingerprint density at radius 3 is 2.42 bits per heavy atom. The van der Waals surface area contributed by atoms with E-state index >= 15 is 0 Å². The fourth-order valence-corrected chi connectivity index (χ4v) is 1.14. The largest absolute Gasteiger partial charge is 0.359 e. The van der Waals surface area contributed by atoms with Crippen LogP contribution in [0.15, 0.2) is 0 Å². The minimum Gasteiger partial charge on any atom is -0.359 e. The Balaban J connectivity index is 3.05. The van der Waals surface area contributed by atoms with E-state index in [0.717, 1.165) is 12.3 Å². The van der Waals surface area contributed by atoms with Crippen LogP contribution >= 0.6 is 0 Å². The number of carbonyl (C=O) groups is 1. The first-order chi connectivity index (χ1) is 5.66. The van der Waals surface area contributed by atoms with Gasteiger partial charge in [-0.15, -0.1) is 0 Å². The van der Waals surface area contributed by atoms with Crippen molar-refractivity contribution in [2.24, 2.45) is 5.92 Å². The molecule has 12 heavy (non-hydrogen) atoms. The molecule has 1 amide bonds. The lowest BCUT2D eigenvalue weighted by Crippen LogP contribution is -2.16. The molecule has 0 aliphatic rings. The van der Waals surface area contributed by atoms with Crippen molar-refractivity contribution < 1.29 is 4.79 Å². The number of carbonyl (C=O) groups excluding carboxylic acids is 1. The molecule has 0 saturated heterocycles. The van der Waals surface area contributed by atoms with Gasteiger partial charge >= 0.3 is 0 Å². The zero-order valence-corrected chi connectivity index (χ0v) is 8.52. The van der Waals surface area contributed by atoms with Crippen LogP contribution in [-0.2, 0) is 4.79 Å². The van der Waals surface area contributed by atoms with Crippen LogP contribution in [0.25, 0.3) is 0 Å². The van der Waals surface area contributed by atoms with Crippen LogP contribution in [0.3, 0.4) is 0 Å². The summed E-state index contributed by atoms with van der Waals surface area (Å²) in [7, 11) is 1.69. The molecule has 0 aromatic carbocycles. The molecule has 0 spiro atoms. The van der Waals surface area contributed by atoms with Crippen LogP contribution in [-0.4, -0.2) is 13.0 Å². The monoisotopic (exact) mass is 171 g/mol. The molecular weight excluding hydrogens is 150 g/mol. The molecule has 0 bridgehead atoms. The second-order valence-corrected chi connectivity index (χ2v) is 3.67. The third-order valence-electron chi connectivity index (χ3n) is 1.96. The number of hydrogen-bond donors (Lipinski definition) is 1. The highest BCUT2D eigenvalue weighted by Crippen LogP contribution is 2.08. The smallest absolute Gasteiger partial charge is 0.219 e. The van der Waals surface area contributed by atoms with Crippen LogP contribution in [0, 0.1) is 5.92 Å². The number of hydrogen-bond acceptors (Lipinski definition) is 1. The zero-order valence-electron chi connectivity index (χ0n) is 8.52. The summed E-state index contributed by atoms with van der Waals surface area (Å²) in [5.41, 5.74) is 0. The van der Waals surface area contributed by atoms with Crippen LogP contribution in [0.4, 0.5) is 0 Å². The number of rotatable bonds is 6. The number of nitrogens with one attached hydrogen (secondary N) is 1. The Morgan fingerprint density at radius 1 is 1.25 bits per heavy atom. The summed E-state index contributed by atoms with van der Waals surface area (Å²) >= 11 is 0. The van der Waals surface area contributed by atoms with Gasteiger partial charge < -0.3 is 5.32 Å². The van der Waals surface area contributed by atoms with Crippen molar-refractivity contribution >= 4 is 5.91 Å². The van der Waals surface area contributed by atoms with E-state index in [1.165, 1.54) is 19.3 Å². The van der Waals surface area contributed by atoms with Crippen LogP contribution in [0.5, 0.6) is 0 Å². The molecule has 0 radical (unpaired) electrons. The second-order valence-electron chi connectivity index (χ2n) is 3.67. The van der Waals surface area contributed by atoms with Gasteiger partial charge in [0.2, 0.25) is 5.91 Å². The summed E-state index contributed by atoms with van der Waals surface area (Å²) in [6, 6.07) is 0. The van der Waals surface area contributed by atoms with Crippen molar-refractivity contribution in [1.82, 2.24) is 5.32 Å². The van der Waals surface area contributed by atoms with Crippen LogP contribution in [0.1, 0.15) is 46.0 Å². The SMILES string of the molecule is CNC(=O)CCCCCC(C)C. The van der Waals surface area contributed by atoms with Gasteiger partial charge in [0.25, 0.3) is 0 Å². The van der Waals surface area contributed by atoms with E-state index in [-0.39, 0.29) is 5.91 Å². The summed E-state index contributed by atoms with van der Waals surface area (Å²) in [5.74, 6) is 0.963. The van der Waals surface area contributed by atoms with Crippen LogP contribution < -0.4 is 5.32 Å². The Morgan fingerprint density at radius 2 is 1.92 bits per heavy atom. The number of unbranched alkanes of at least 4 members (excludes halogenated alkanes) is 2. The average molecular weight is 171 g/mol. The molecule has 0 aliphatic heterocycles. The Labute approximate surface area is 75.7 Å². The molecule has 0 aromatic rings. The fraction of sp³-hybridized carbons (Fsp3) is 0.900. The molecule has 1 N–H and O–H groups in total. The van der Waals surface area contributed by atoms with E-state index < -0.39 is 0 Å². The molecule has 0 rings (SSSR count). The van der Waals surface area contributed by atoms with Gasteiger partial charge in [-0.3, -0.25) is 4.79 Å². The predicted octanol–water partition coefficient (Wildman–Crippen LogP) is 2.34. The first-order valence-electron chi connectivity index (χ1n) is 4.87. The second kappa shape index (κ2) is 7.14. The molecule has 72 valence electrons. The summed E-state index contributed by atoms with van der Waals surface area (Å²) in [6.45, 7) is 4.47. The predicted molar refractivity (Wildman–Crippen MR) is 52.0 cm³/mol. The third-order valence-corrected chi connectivity index (χ3v) is 1.96. The molecular formula is C10H21NO. The average Bonchev–Trinajstić information content (AvgIpc) is 2.03. The molecule has 0 aliphatic carbocycles. The van der Waals surface area contributed by atoms with E-state index in [9.17, 15) is 4.79 Å². The first-order valence-corrected chi connectivity index (χ1v) is 4.87. The Bertz CT molecular complexity index is 121. The van der Waals surface area contributed by atoms with Gasteiger partial charge in [-0.05, 0) is 12.3 Å². The molecule has 2 nitrogen and oxygen atoms in total. The lowest BCUT2D eigenvalue weighted by molar-refractivity contribution is -0.120. The lowest BCUT2D eigenvalue weighted by Gasteiger charge is -2.03. The van der Waals surface area contributed by atoms with Gasteiger partial charge in [0.1, 0.15) is 0 Å². The highest BCUT2D eigenvalue weighted by Gasteiger charge is 1.98. The fourth-order valence-electron chi connectivity index (χ4n) is 1.14. The molecule has 0 fully saturated rings. The normalized spacial score (nSPS) is 10.3.